The van der Waals surface area contributed by atoms with E-state index in [1.807, 2.05) is 27.7 Å². The standard InChI is InChI=1S/C18H26BrN3O5/c1-12-9-13(5-7-21(12)17(23)27-18(2,3)4)6-8-26-16-15(19)10-14(11-20-16)22(24)25/h10-13H,5-9H2,1-4H3/t12-,13+/m1/s1. The molecule has 8 nitrogen and oxygen atoms in total. The fraction of sp³-hybridized carbons (Fsp3) is 0.667. The Morgan fingerprint density at radius 3 is 2.74 bits per heavy atom. The first-order chi connectivity index (χ1) is 12.6. The summed E-state index contributed by atoms with van der Waals surface area (Å²) in [5, 5.41) is 10.7. The summed E-state index contributed by atoms with van der Waals surface area (Å²) in [4.78, 5) is 28.3. The minimum Gasteiger partial charge on any atom is -0.477 e. The van der Waals surface area contributed by atoms with Gasteiger partial charge in [0.1, 0.15) is 11.8 Å². The Balaban J connectivity index is 1.80. The lowest BCUT2D eigenvalue weighted by Crippen LogP contribution is -2.46. The highest BCUT2D eigenvalue weighted by atomic mass is 79.9. The number of rotatable bonds is 5. The first kappa shape index (κ1) is 21.4. The summed E-state index contributed by atoms with van der Waals surface area (Å²) < 4.78 is 11.6. The Bertz CT molecular complexity index is 692. The number of hydrogen-bond acceptors (Lipinski definition) is 6. The summed E-state index contributed by atoms with van der Waals surface area (Å²) in [5.41, 5.74) is -0.579. The molecule has 0 bridgehead atoms. The number of likely N-dealkylation sites (tertiary alicyclic amines) is 1. The Hall–Kier alpha value is -1.90. The van der Waals surface area contributed by atoms with Crippen molar-refractivity contribution in [2.45, 2.75) is 58.6 Å². The van der Waals surface area contributed by atoms with E-state index in [2.05, 4.69) is 20.9 Å². The van der Waals surface area contributed by atoms with Crippen molar-refractivity contribution in [1.29, 1.82) is 0 Å². The van der Waals surface area contributed by atoms with E-state index in [-0.39, 0.29) is 17.8 Å². The number of carbonyl (C=O) groups is 1. The maximum absolute atomic E-state index is 12.3. The summed E-state index contributed by atoms with van der Waals surface area (Å²) in [5.74, 6) is 0.787. The number of halogens is 1. The zero-order chi connectivity index (χ0) is 20.2. The second kappa shape index (κ2) is 8.86. The third-order valence-electron chi connectivity index (χ3n) is 4.38. The molecule has 0 N–H and O–H groups in total. The average molecular weight is 444 g/mol. The number of hydrogen-bond donors (Lipinski definition) is 0. The molecule has 27 heavy (non-hydrogen) atoms. The molecule has 0 aromatic carbocycles. The van der Waals surface area contributed by atoms with Gasteiger partial charge < -0.3 is 14.4 Å². The van der Waals surface area contributed by atoms with Gasteiger partial charge in [-0.1, -0.05) is 0 Å². The molecule has 1 aromatic rings. The monoisotopic (exact) mass is 443 g/mol. The van der Waals surface area contributed by atoms with Gasteiger partial charge in [-0.2, -0.15) is 0 Å². The summed E-state index contributed by atoms with van der Waals surface area (Å²) in [7, 11) is 0. The van der Waals surface area contributed by atoms with E-state index in [1.54, 1.807) is 4.90 Å². The highest BCUT2D eigenvalue weighted by molar-refractivity contribution is 9.10. The van der Waals surface area contributed by atoms with Crippen LogP contribution in [-0.4, -0.2) is 45.7 Å². The van der Waals surface area contributed by atoms with E-state index in [0.717, 1.165) is 19.3 Å². The van der Waals surface area contributed by atoms with E-state index in [1.165, 1.54) is 12.3 Å². The van der Waals surface area contributed by atoms with Crippen LogP contribution < -0.4 is 4.74 Å². The van der Waals surface area contributed by atoms with Gasteiger partial charge in [-0.15, -0.1) is 0 Å². The molecule has 1 aliphatic heterocycles. The average Bonchev–Trinajstić information content (AvgIpc) is 2.54. The Labute approximate surface area is 167 Å². The third kappa shape index (κ3) is 6.34. The first-order valence-corrected chi connectivity index (χ1v) is 9.78. The molecule has 0 saturated carbocycles. The molecule has 1 aromatic heterocycles. The van der Waals surface area contributed by atoms with Gasteiger partial charge in [-0.3, -0.25) is 10.1 Å². The van der Waals surface area contributed by atoms with E-state index >= 15 is 0 Å². The van der Waals surface area contributed by atoms with E-state index < -0.39 is 10.5 Å². The van der Waals surface area contributed by atoms with Crippen LogP contribution in [0.5, 0.6) is 5.88 Å². The quantitative estimate of drug-likeness (QED) is 0.488. The lowest BCUT2D eigenvalue weighted by molar-refractivity contribution is -0.385. The zero-order valence-electron chi connectivity index (χ0n) is 16.1. The van der Waals surface area contributed by atoms with Crippen LogP contribution in [0.2, 0.25) is 0 Å². The lowest BCUT2D eigenvalue weighted by atomic mass is 9.89. The minimum absolute atomic E-state index is 0.0856. The smallest absolute Gasteiger partial charge is 0.410 e. The number of aromatic nitrogens is 1. The highest BCUT2D eigenvalue weighted by Crippen LogP contribution is 2.29. The number of carbonyl (C=O) groups excluding carboxylic acids is 1. The Kier molecular flexibility index (Phi) is 7.02. The Morgan fingerprint density at radius 1 is 1.48 bits per heavy atom. The van der Waals surface area contributed by atoms with Crippen molar-refractivity contribution in [2.75, 3.05) is 13.2 Å². The number of piperidine rings is 1. The minimum atomic E-state index is -0.499. The van der Waals surface area contributed by atoms with Gasteiger partial charge in [0.15, 0.2) is 0 Å². The number of nitro groups is 1. The molecule has 2 heterocycles. The predicted molar refractivity (Wildman–Crippen MR) is 104 cm³/mol. The lowest BCUT2D eigenvalue weighted by Gasteiger charge is -2.38. The van der Waals surface area contributed by atoms with Crippen LogP contribution in [0.4, 0.5) is 10.5 Å². The Morgan fingerprint density at radius 2 is 2.19 bits per heavy atom. The molecule has 0 aliphatic carbocycles. The van der Waals surface area contributed by atoms with Gasteiger partial charge in [-0.25, -0.2) is 9.78 Å². The maximum atomic E-state index is 12.3. The second-order valence-electron chi connectivity index (χ2n) is 7.79. The fourth-order valence-electron chi connectivity index (χ4n) is 3.07. The van der Waals surface area contributed by atoms with Crippen LogP contribution in [0.25, 0.3) is 0 Å². The summed E-state index contributed by atoms with van der Waals surface area (Å²) in [6.07, 6.45) is 3.53. The molecule has 1 amide bonds. The third-order valence-corrected chi connectivity index (χ3v) is 4.95. The number of pyridine rings is 1. The van der Waals surface area contributed by atoms with Crippen LogP contribution in [0.1, 0.15) is 47.0 Å². The van der Waals surface area contributed by atoms with Crippen LogP contribution >= 0.6 is 15.9 Å². The number of nitrogens with zero attached hydrogens (tertiary/aromatic N) is 3. The molecular formula is C18H26BrN3O5. The molecule has 0 spiro atoms. The second-order valence-corrected chi connectivity index (χ2v) is 8.64. The molecule has 9 heteroatoms. The van der Waals surface area contributed by atoms with Gasteiger partial charge >= 0.3 is 6.09 Å². The van der Waals surface area contributed by atoms with Crippen molar-refractivity contribution in [3.05, 3.63) is 26.9 Å². The summed E-state index contributed by atoms with van der Waals surface area (Å²) >= 11 is 3.25. The van der Waals surface area contributed by atoms with Gasteiger partial charge in [0.05, 0.1) is 16.0 Å². The van der Waals surface area contributed by atoms with E-state index in [0.29, 0.717) is 29.4 Å². The van der Waals surface area contributed by atoms with E-state index in [9.17, 15) is 14.9 Å². The van der Waals surface area contributed by atoms with Crippen molar-refractivity contribution in [2.24, 2.45) is 5.92 Å². The summed E-state index contributed by atoms with van der Waals surface area (Å²) in [6, 6.07) is 1.49. The molecular weight excluding hydrogens is 418 g/mol. The van der Waals surface area contributed by atoms with Gasteiger partial charge in [-0.05, 0) is 68.8 Å². The largest absolute Gasteiger partial charge is 0.477 e. The normalized spacial score (nSPS) is 20.3. The fourth-order valence-corrected chi connectivity index (χ4v) is 3.52. The van der Waals surface area contributed by atoms with Gasteiger partial charge in [0.25, 0.3) is 5.69 Å². The van der Waals surface area contributed by atoms with Crippen molar-refractivity contribution in [3.8, 4) is 5.88 Å². The van der Waals surface area contributed by atoms with Crippen LogP contribution in [0.15, 0.2) is 16.7 Å². The topological polar surface area (TPSA) is 94.8 Å². The zero-order valence-corrected chi connectivity index (χ0v) is 17.7. The molecule has 0 radical (unpaired) electrons. The first-order valence-electron chi connectivity index (χ1n) is 8.99. The van der Waals surface area contributed by atoms with Gasteiger partial charge in [0, 0.05) is 18.7 Å². The molecule has 150 valence electrons. The molecule has 1 saturated heterocycles. The summed E-state index contributed by atoms with van der Waals surface area (Å²) in [6.45, 7) is 8.76. The highest BCUT2D eigenvalue weighted by Gasteiger charge is 2.31. The molecule has 2 atom stereocenters. The van der Waals surface area contributed by atoms with Crippen molar-refractivity contribution < 1.29 is 19.2 Å². The predicted octanol–water partition coefficient (Wildman–Crippen LogP) is 4.56. The van der Waals surface area contributed by atoms with E-state index in [4.69, 9.17) is 9.47 Å². The van der Waals surface area contributed by atoms with Crippen LogP contribution in [0.3, 0.4) is 0 Å². The van der Waals surface area contributed by atoms with Crippen LogP contribution in [0, 0.1) is 16.0 Å². The SMILES string of the molecule is C[C@@H]1C[C@H](CCOc2ncc([N+](=O)[O-])cc2Br)CCN1C(=O)OC(C)(C)C. The number of amides is 1. The molecule has 0 unspecified atom stereocenters. The number of ether oxygens (including phenoxy) is 2. The molecule has 1 fully saturated rings. The van der Waals surface area contributed by atoms with Gasteiger partial charge in [0.2, 0.25) is 5.88 Å². The molecule has 1 aliphatic rings. The van der Waals surface area contributed by atoms with Crippen molar-refractivity contribution >= 4 is 27.7 Å². The molecule has 2 rings (SSSR count). The van der Waals surface area contributed by atoms with Crippen molar-refractivity contribution in [3.63, 3.8) is 0 Å². The van der Waals surface area contributed by atoms with Crippen molar-refractivity contribution in [1.82, 2.24) is 9.88 Å². The maximum Gasteiger partial charge on any atom is 0.410 e. The van der Waals surface area contributed by atoms with Crippen LogP contribution in [-0.2, 0) is 4.74 Å².